The summed E-state index contributed by atoms with van der Waals surface area (Å²) in [5.74, 6) is 1.40. The van der Waals surface area contributed by atoms with Crippen LogP contribution in [0.15, 0.2) is 69.5 Å². The van der Waals surface area contributed by atoms with Crippen LogP contribution in [-0.4, -0.2) is 25.0 Å². The van der Waals surface area contributed by atoms with E-state index < -0.39 is 0 Å². The molecule has 0 bridgehead atoms. The standard InChI is InChI=1S/C22H19ClN2O3/c1-25(2)24-22(26)19-9-8-18(27-19)12-15-10-17(23)11-16-13-20(28-21(15)16)14-6-4-3-5-7-14/h3-11,13H,12H2,1-2H3,(H,24,26). The van der Waals surface area contributed by atoms with Crippen molar-refractivity contribution in [3.05, 3.63) is 82.8 Å². The van der Waals surface area contributed by atoms with Gasteiger partial charge >= 0.3 is 5.91 Å². The topological polar surface area (TPSA) is 58.6 Å². The van der Waals surface area contributed by atoms with Crippen molar-refractivity contribution in [2.75, 3.05) is 14.1 Å². The van der Waals surface area contributed by atoms with Crippen LogP contribution in [0.1, 0.15) is 21.9 Å². The van der Waals surface area contributed by atoms with Crippen molar-refractivity contribution in [3.8, 4) is 11.3 Å². The van der Waals surface area contributed by atoms with Gasteiger partial charge < -0.3 is 8.83 Å². The van der Waals surface area contributed by atoms with E-state index in [-0.39, 0.29) is 11.7 Å². The lowest BCUT2D eigenvalue weighted by Crippen LogP contribution is -2.35. The molecule has 0 spiro atoms. The van der Waals surface area contributed by atoms with Crippen LogP contribution in [0.4, 0.5) is 0 Å². The fourth-order valence-corrected chi connectivity index (χ4v) is 3.35. The molecule has 1 N–H and O–H groups in total. The molecule has 0 radical (unpaired) electrons. The van der Waals surface area contributed by atoms with Crippen molar-refractivity contribution in [1.29, 1.82) is 0 Å². The number of hydrogen-bond acceptors (Lipinski definition) is 4. The van der Waals surface area contributed by atoms with Gasteiger partial charge in [-0.05, 0) is 30.3 Å². The summed E-state index contributed by atoms with van der Waals surface area (Å²) in [7, 11) is 3.48. The highest BCUT2D eigenvalue weighted by molar-refractivity contribution is 6.31. The number of nitrogens with zero attached hydrogens (tertiary/aromatic N) is 1. The summed E-state index contributed by atoms with van der Waals surface area (Å²) in [5, 5.41) is 3.12. The van der Waals surface area contributed by atoms with Gasteiger partial charge in [-0.25, -0.2) is 5.01 Å². The van der Waals surface area contributed by atoms with E-state index in [4.69, 9.17) is 20.4 Å². The fourth-order valence-electron chi connectivity index (χ4n) is 3.10. The summed E-state index contributed by atoms with van der Waals surface area (Å²) in [6.07, 6.45) is 0.466. The number of carbonyl (C=O) groups is 1. The number of amides is 1. The van der Waals surface area contributed by atoms with E-state index in [2.05, 4.69) is 5.43 Å². The van der Waals surface area contributed by atoms with E-state index in [1.165, 1.54) is 0 Å². The van der Waals surface area contributed by atoms with Gasteiger partial charge in [0.05, 0.1) is 0 Å². The van der Waals surface area contributed by atoms with Crippen molar-refractivity contribution in [3.63, 3.8) is 0 Å². The second-order valence-corrected chi connectivity index (χ2v) is 7.17. The first-order valence-corrected chi connectivity index (χ1v) is 9.22. The number of furan rings is 2. The number of fused-ring (bicyclic) bond motifs is 1. The number of benzene rings is 2. The van der Waals surface area contributed by atoms with Gasteiger partial charge in [0.1, 0.15) is 17.1 Å². The maximum Gasteiger partial charge on any atom is 0.301 e. The van der Waals surface area contributed by atoms with Crippen LogP contribution in [0.3, 0.4) is 0 Å². The number of rotatable bonds is 5. The molecule has 0 aliphatic heterocycles. The van der Waals surface area contributed by atoms with Crippen LogP contribution in [0, 0.1) is 0 Å². The minimum absolute atomic E-state index is 0.256. The third-order valence-electron chi connectivity index (χ3n) is 4.29. The van der Waals surface area contributed by atoms with Gasteiger partial charge in [-0.1, -0.05) is 41.9 Å². The Labute approximate surface area is 167 Å². The van der Waals surface area contributed by atoms with Crippen molar-refractivity contribution in [2.45, 2.75) is 6.42 Å². The summed E-state index contributed by atoms with van der Waals surface area (Å²) in [6.45, 7) is 0. The Morgan fingerprint density at radius 1 is 1.04 bits per heavy atom. The van der Waals surface area contributed by atoms with Gasteiger partial charge in [-0.3, -0.25) is 10.2 Å². The second kappa shape index (κ2) is 7.54. The van der Waals surface area contributed by atoms with Gasteiger partial charge in [0.25, 0.3) is 0 Å². The number of carbonyl (C=O) groups excluding carboxylic acids is 1. The van der Waals surface area contributed by atoms with Gasteiger partial charge in [0.2, 0.25) is 0 Å². The average Bonchev–Trinajstić information content (AvgIpc) is 3.29. The van der Waals surface area contributed by atoms with Gasteiger partial charge in [-0.15, -0.1) is 0 Å². The largest absolute Gasteiger partial charge is 0.456 e. The molecular formula is C22H19ClN2O3. The maximum atomic E-state index is 12.1. The Bertz CT molecular complexity index is 1130. The normalized spacial score (nSPS) is 11.3. The molecule has 0 saturated carbocycles. The molecule has 2 aromatic carbocycles. The third kappa shape index (κ3) is 3.81. The van der Waals surface area contributed by atoms with E-state index in [0.717, 1.165) is 27.9 Å². The Hall–Kier alpha value is -3.02. The second-order valence-electron chi connectivity index (χ2n) is 6.74. The molecule has 0 unspecified atom stereocenters. The lowest BCUT2D eigenvalue weighted by molar-refractivity contribution is 0.0826. The zero-order valence-electron chi connectivity index (χ0n) is 15.5. The average molecular weight is 395 g/mol. The predicted molar refractivity (Wildman–Crippen MR) is 109 cm³/mol. The van der Waals surface area contributed by atoms with E-state index >= 15 is 0 Å². The van der Waals surface area contributed by atoms with Crippen molar-refractivity contribution in [1.82, 2.24) is 10.4 Å². The first kappa shape index (κ1) is 18.3. The molecule has 0 aliphatic rings. The summed E-state index contributed by atoms with van der Waals surface area (Å²) in [4.78, 5) is 12.1. The quantitative estimate of drug-likeness (QED) is 0.476. The Kier molecular flexibility index (Phi) is 4.94. The zero-order valence-corrected chi connectivity index (χ0v) is 16.3. The Balaban J connectivity index is 1.66. The minimum atomic E-state index is -0.295. The zero-order chi connectivity index (χ0) is 19.7. The summed E-state index contributed by atoms with van der Waals surface area (Å²) in [5.41, 5.74) is 5.32. The van der Waals surface area contributed by atoms with E-state index in [1.807, 2.05) is 48.5 Å². The lowest BCUT2D eigenvalue weighted by Gasteiger charge is -2.09. The molecule has 0 saturated heterocycles. The highest BCUT2D eigenvalue weighted by Gasteiger charge is 2.16. The van der Waals surface area contributed by atoms with Crippen LogP contribution < -0.4 is 5.43 Å². The summed E-state index contributed by atoms with van der Waals surface area (Å²) >= 11 is 6.32. The predicted octanol–water partition coefficient (Wildman–Crippen LogP) is 5.14. The number of nitrogens with one attached hydrogen (secondary N) is 1. The van der Waals surface area contributed by atoms with Crippen LogP contribution >= 0.6 is 11.6 Å². The Morgan fingerprint density at radius 2 is 1.82 bits per heavy atom. The summed E-state index contributed by atoms with van der Waals surface area (Å²) < 4.78 is 11.8. The maximum absolute atomic E-state index is 12.1. The number of halogens is 1. The smallest absolute Gasteiger partial charge is 0.301 e. The highest BCUT2D eigenvalue weighted by atomic mass is 35.5. The molecular weight excluding hydrogens is 376 g/mol. The lowest BCUT2D eigenvalue weighted by atomic mass is 10.1. The van der Waals surface area contributed by atoms with Gasteiger partial charge in [0.15, 0.2) is 5.76 Å². The molecule has 28 heavy (non-hydrogen) atoms. The fraction of sp³-hybridized carbons (Fsp3) is 0.136. The van der Waals surface area contributed by atoms with Gasteiger partial charge in [0, 0.05) is 42.1 Å². The molecule has 2 aromatic heterocycles. The molecule has 5 nitrogen and oxygen atoms in total. The molecule has 2 heterocycles. The van der Waals surface area contributed by atoms with Crippen molar-refractivity contribution < 1.29 is 13.6 Å². The van der Waals surface area contributed by atoms with E-state index in [0.29, 0.717) is 17.2 Å². The van der Waals surface area contributed by atoms with Crippen LogP contribution in [0.25, 0.3) is 22.3 Å². The minimum Gasteiger partial charge on any atom is -0.456 e. The molecule has 0 fully saturated rings. The first-order valence-electron chi connectivity index (χ1n) is 8.84. The van der Waals surface area contributed by atoms with Crippen LogP contribution in [0.2, 0.25) is 5.02 Å². The van der Waals surface area contributed by atoms with Crippen LogP contribution in [-0.2, 0) is 6.42 Å². The van der Waals surface area contributed by atoms with Crippen molar-refractivity contribution in [2.24, 2.45) is 0 Å². The first-order chi connectivity index (χ1) is 13.5. The van der Waals surface area contributed by atoms with Crippen LogP contribution in [0.5, 0.6) is 0 Å². The van der Waals surface area contributed by atoms with Crippen molar-refractivity contribution >= 4 is 28.5 Å². The Morgan fingerprint density at radius 3 is 2.57 bits per heavy atom. The molecule has 1 amide bonds. The number of hydrogen-bond donors (Lipinski definition) is 1. The number of hydrazine groups is 1. The molecule has 4 aromatic rings. The monoisotopic (exact) mass is 394 g/mol. The van der Waals surface area contributed by atoms with Gasteiger partial charge in [-0.2, -0.15) is 0 Å². The van der Waals surface area contributed by atoms with E-state index in [9.17, 15) is 4.79 Å². The third-order valence-corrected chi connectivity index (χ3v) is 4.51. The molecule has 0 atom stereocenters. The highest BCUT2D eigenvalue weighted by Crippen LogP contribution is 2.33. The molecule has 6 heteroatoms. The molecule has 4 rings (SSSR count). The molecule has 142 valence electrons. The SMILES string of the molecule is CN(C)NC(=O)c1ccc(Cc2cc(Cl)cc3cc(-c4ccccc4)oc23)o1. The van der Waals surface area contributed by atoms with E-state index in [1.54, 1.807) is 31.2 Å². The molecule has 0 aliphatic carbocycles. The summed E-state index contributed by atoms with van der Waals surface area (Å²) in [6, 6.07) is 19.1.